The molecule has 0 fully saturated rings. The van der Waals surface area contributed by atoms with E-state index >= 15 is 0 Å². The second-order valence-corrected chi connectivity index (χ2v) is 10.3. The Hall–Kier alpha value is -0.620. The van der Waals surface area contributed by atoms with E-state index in [1.165, 1.54) is 0 Å². The van der Waals surface area contributed by atoms with Gasteiger partial charge < -0.3 is 18.6 Å². The average molecular weight is 619 g/mol. The number of benzene rings is 2. The van der Waals surface area contributed by atoms with Crippen LogP contribution in [-0.2, 0) is 29.2 Å². The number of nitrogens with zero attached hydrogens (tertiary/aromatic N) is 2. The van der Waals surface area contributed by atoms with Gasteiger partial charge in [0.1, 0.15) is 11.5 Å². The van der Waals surface area contributed by atoms with Crippen molar-refractivity contribution < 1.29 is 103 Å². The van der Waals surface area contributed by atoms with Crippen LogP contribution in [-0.4, -0.2) is 52.4 Å². The quantitative estimate of drug-likeness (QED) is 0.0585. The Bertz CT molecular complexity index is 1090. The zero-order valence-electron chi connectivity index (χ0n) is 22.9. The standard InChI is InChI=1S/C24H34N2O10S2.2Na/c27-37(28,29)35-19-7-3-1-5-17-33-23-13-9-21(10-14-23)25-26-22-11-15-24(16-12-22)34-18-6-2-4-8-20-36-38(30,31)32;;/h9-16H,1-8,17-20H2,(H,27,28,29)(H,30,31,32);;/q;2*+1/p-2. The maximum atomic E-state index is 10.3. The Balaban J connectivity index is 0.00000760. The number of azo groups is 1. The molecule has 0 heterocycles. The molecule has 2 rings (SSSR count). The van der Waals surface area contributed by atoms with E-state index in [-0.39, 0.29) is 72.3 Å². The molecule has 0 amide bonds. The summed E-state index contributed by atoms with van der Waals surface area (Å²) >= 11 is 0. The summed E-state index contributed by atoms with van der Waals surface area (Å²) in [4.78, 5) is 0. The fourth-order valence-corrected chi connectivity index (χ4v) is 3.79. The van der Waals surface area contributed by atoms with Gasteiger partial charge in [-0.1, -0.05) is 12.8 Å². The van der Waals surface area contributed by atoms with Gasteiger partial charge in [-0.3, -0.25) is 8.37 Å². The van der Waals surface area contributed by atoms with Crippen LogP contribution in [0.15, 0.2) is 58.8 Å². The molecule has 212 valence electrons. The summed E-state index contributed by atoms with van der Waals surface area (Å²) in [5.41, 5.74) is 1.34. The second-order valence-electron chi connectivity index (χ2n) is 8.17. The summed E-state index contributed by atoms with van der Waals surface area (Å²) in [7, 11) is -9.22. The molecule has 0 aliphatic carbocycles. The summed E-state index contributed by atoms with van der Waals surface area (Å²) in [6.07, 6.45) is 5.71. The first kappa shape index (κ1) is 39.4. The molecular weight excluding hydrogens is 586 g/mol. The van der Waals surface area contributed by atoms with Gasteiger partial charge in [0.05, 0.1) is 37.8 Å². The molecule has 0 atom stereocenters. The summed E-state index contributed by atoms with van der Waals surface area (Å²) in [5, 5.41) is 8.43. The van der Waals surface area contributed by atoms with Gasteiger partial charge in [0, 0.05) is 0 Å². The van der Waals surface area contributed by atoms with Crippen LogP contribution in [0.4, 0.5) is 11.4 Å². The maximum Gasteiger partial charge on any atom is 1.00 e. The Morgan fingerprint density at radius 3 is 1.10 bits per heavy atom. The minimum absolute atomic E-state index is 0. The summed E-state index contributed by atoms with van der Waals surface area (Å²) in [5.74, 6) is 1.41. The number of unbranched alkanes of at least 4 members (excludes halogenated alkanes) is 6. The second kappa shape index (κ2) is 22.0. The monoisotopic (exact) mass is 618 g/mol. The molecule has 0 radical (unpaired) electrons. The minimum Gasteiger partial charge on any atom is -0.726 e. The van der Waals surface area contributed by atoms with Gasteiger partial charge in [-0.25, -0.2) is 16.8 Å². The van der Waals surface area contributed by atoms with Crippen molar-refractivity contribution in [2.75, 3.05) is 26.4 Å². The molecule has 0 bridgehead atoms. The molecule has 2 aromatic rings. The van der Waals surface area contributed by atoms with Crippen LogP contribution < -0.4 is 68.6 Å². The minimum atomic E-state index is -4.61. The van der Waals surface area contributed by atoms with Gasteiger partial charge in [0.25, 0.3) is 0 Å². The normalized spacial score (nSPS) is 11.6. The van der Waals surface area contributed by atoms with E-state index in [1.54, 1.807) is 48.5 Å². The molecule has 40 heavy (non-hydrogen) atoms. The molecule has 0 saturated heterocycles. The predicted molar refractivity (Wildman–Crippen MR) is 136 cm³/mol. The van der Waals surface area contributed by atoms with Crippen molar-refractivity contribution in [1.82, 2.24) is 0 Å². The Kier molecular flexibility index (Phi) is 21.7. The van der Waals surface area contributed by atoms with Crippen molar-refractivity contribution >= 4 is 32.2 Å². The van der Waals surface area contributed by atoms with Gasteiger partial charge >= 0.3 is 59.1 Å². The third kappa shape index (κ3) is 21.1. The first-order valence-corrected chi connectivity index (χ1v) is 14.9. The smallest absolute Gasteiger partial charge is 0.726 e. The third-order valence-corrected chi connectivity index (χ3v) is 5.94. The van der Waals surface area contributed by atoms with Gasteiger partial charge in [-0.05, 0) is 87.1 Å². The van der Waals surface area contributed by atoms with Crippen molar-refractivity contribution in [2.24, 2.45) is 10.2 Å². The number of rotatable bonds is 20. The molecule has 0 saturated carbocycles. The predicted octanol–water partition coefficient (Wildman–Crippen LogP) is -1.06. The van der Waals surface area contributed by atoms with E-state index in [9.17, 15) is 25.9 Å². The van der Waals surface area contributed by atoms with Crippen LogP contribution in [0.25, 0.3) is 0 Å². The topological polar surface area (TPSA) is 176 Å². The Morgan fingerprint density at radius 1 is 0.500 bits per heavy atom. The van der Waals surface area contributed by atoms with Crippen LogP contribution in [0.1, 0.15) is 51.4 Å². The fraction of sp³-hybridized carbons (Fsp3) is 0.500. The molecule has 0 unspecified atom stereocenters. The first-order chi connectivity index (χ1) is 18.1. The van der Waals surface area contributed by atoms with Crippen molar-refractivity contribution in [3.8, 4) is 11.5 Å². The van der Waals surface area contributed by atoms with E-state index in [0.717, 1.165) is 38.5 Å². The van der Waals surface area contributed by atoms with Gasteiger partial charge in [-0.15, -0.1) is 0 Å². The summed E-state index contributed by atoms with van der Waals surface area (Å²) < 4.78 is 81.6. The third-order valence-electron chi connectivity index (χ3n) is 5.02. The molecule has 0 aliphatic heterocycles. The average Bonchev–Trinajstić information content (AvgIpc) is 2.86. The zero-order valence-corrected chi connectivity index (χ0v) is 28.5. The molecule has 2 aromatic carbocycles. The van der Waals surface area contributed by atoms with Crippen LogP contribution in [0, 0.1) is 0 Å². The van der Waals surface area contributed by atoms with Crippen molar-refractivity contribution in [3.05, 3.63) is 48.5 Å². The van der Waals surface area contributed by atoms with E-state index in [0.29, 0.717) is 48.9 Å². The molecule has 0 aromatic heterocycles. The number of hydrogen-bond acceptors (Lipinski definition) is 12. The molecule has 16 heteroatoms. The molecule has 0 spiro atoms. The van der Waals surface area contributed by atoms with Crippen molar-refractivity contribution in [3.63, 3.8) is 0 Å². The largest absolute Gasteiger partial charge is 1.00 e. The summed E-state index contributed by atoms with van der Waals surface area (Å²) in [6, 6.07) is 14.4. The van der Waals surface area contributed by atoms with Gasteiger partial charge in [0.2, 0.25) is 20.8 Å². The maximum absolute atomic E-state index is 10.3. The van der Waals surface area contributed by atoms with E-state index < -0.39 is 20.8 Å². The van der Waals surface area contributed by atoms with Gasteiger partial charge in [0.15, 0.2) is 0 Å². The van der Waals surface area contributed by atoms with Gasteiger partial charge in [-0.2, -0.15) is 10.2 Å². The van der Waals surface area contributed by atoms with E-state index in [1.807, 2.05) is 0 Å². The number of ether oxygens (including phenoxy) is 2. The molecular formula is C24H32N2Na2O10S2. The van der Waals surface area contributed by atoms with Crippen LogP contribution in [0.3, 0.4) is 0 Å². The van der Waals surface area contributed by atoms with Crippen molar-refractivity contribution in [2.45, 2.75) is 51.4 Å². The van der Waals surface area contributed by atoms with E-state index in [2.05, 4.69) is 18.6 Å². The SMILES string of the molecule is O=S(=O)([O-])OCCCCCCOc1ccc(N=Nc2ccc(OCCCCCCOS(=O)(=O)[O-])cc2)cc1.[Na+].[Na+]. The molecule has 12 nitrogen and oxygen atoms in total. The van der Waals surface area contributed by atoms with Crippen molar-refractivity contribution in [1.29, 1.82) is 0 Å². The van der Waals surface area contributed by atoms with E-state index in [4.69, 9.17) is 9.47 Å². The fourth-order valence-electron chi connectivity index (χ4n) is 3.15. The van der Waals surface area contributed by atoms with Crippen LogP contribution >= 0.6 is 0 Å². The van der Waals surface area contributed by atoms with Crippen LogP contribution in [0.5, 0.6) is 11.5 Å². The van der Waals surface area contributed by atoms with Crippen LogP contribution in [0.2, 0.25) is 0 Å². The molecule has 0 aliphatic rings. The zero-order chi connectivity index (χ0) is 27.7. The summed E-state index contributed by atoms with van der Waals surface area (Å²) in [6.45, 7) is 0.840. The first-order valence-electron chi connectivity index (χ1n) is 12.2. The molecule has 0 N–H and O–H groups in total. The Labute approximate surface area is 280 Å². The number of hydrogen-bond donors (Lipinski definition) is 0. The Morgan fingerprint density at radius 2 is 0.800 bits per heavy atom.